The maximum atomic E-state index is 13.3. The normalized spacial score (nSPS) is 16.4. The molecule has 0 saturated carbocycles. The van der Waals surface area contributed by atoms with Crippen LogP contribution in [0.3, 0.4) is 0 Å². The number of ether oxygens (including phenoxy) is 1. The van der Waals surface area contributed by atoms with Crippen LogP contribution in [0.2, 0.25) is 0 Å². The monoisotopic (exact) mass is 411 g/mol. The molecule has 1 atom stereocenters. The van der Waals surface area contributed by atoms with Gasteiger partial charge in [0.15, 0.2) is 0 Å². The number of carbonyl (C=O) groups excluding carboxylic acids is 3. The molecular formula is C23H29N3O4. The third-order valence-electron chi connectivity index (χ3n) is 5.29. The summed E-state index contributed by atoms with van der Waals surface area (Å²) in [5.74, 6) is -0.0986. The topological polar surface area (TPSA) is 87.7 Å². The Labute approximate surface area is 176 Å². The van der Waals surface area contributed by atoms with Crippen molar-refractivity contribution in [1.82, 2.24) is 15.5 Å². The first-order valence-corrected chi connectivity index (χ1v) is 10.3. The van der Waals surface area contributed by atoms with Crippen molar-refractivity contribution in [2.24, 2.45) is 5.92 Å². The molecule has 1 unspecified atom stereocenters. The molecule has 1 aliphatic heterocycles. The number of likely N-dealkylation sites (tertiary alicyclic amines) is 1. The van der Waals surface area contributed by atoms with Crippen molar-refractivity contribution in [3.05, 3.63) is 42.0 Å². The Kier molecular flexibility index (Phi) is 6.92. The van der Waals surface area contributed by atoms with Gasteiger partial charge in [-0.2, -0.15) is 0 Å². The van der Waals surface area contributed by atoms with Gasteiger partial charge in [-0.05, 0) is 44.2 Å². The molecule has 0 aromatic heterocycles. The smallest absolute Gasteiger partial charge is 0.254 e. The van der Waals surface area contributed by atoms with E-state index in [2.05, 4.69) is 10.6 Å². The van der Waals surface area contributed by atoms with Crippen LogP contribution < -0.4 is 15.4 Å². The van der Waals surface area contributed by atoms with Crippen LogP contribution in [0.15, 0.2) is 36.4 Å². The van der Waals surface area contributed by atoms with Crippen LogP contribution in [0, 0.1) is 5.92 Å². The molecule has 7 heteroatoms. The van der Waals surface area contributed by atoms with Crippen LogP contribution in [0.25, 0.3) is 10.8 Å². The Morgan fingerprint density at radius 2 is 1.87 bits per heavy atom. The van der Waals surface area contributed by atoms with Gasteiger partial charge in [0.1, 0.15) is 5.75 Å². The van der Waals surface area contributed by atoms with Crippen molar-refractivity contribution in [3.63, 3.8) is 0 Å². The van der Waals surface area contributed by atoms with Gasteiger partial charge < -0.3 is 20.3 Å². The molecule has 1 heterocycles. The number of fused-ring (bicyclic) bond motifs is 1. The van der Waals surface area contributed by atoms with E-state index in [9.17, 15) is 14.4 Å². The zero-order valence-electron chi connectivity index (χ0n) is 17.7. The summed E-state index contributed by atoms with van der Waals surface area (Å²) in [4.78, 5) is 39.3. The number of amides is 3. The van der Waals surface area contributed by atoms with Gasteiger partial charge in [0.05, 0.1) is 19.6 Å². The number of hydrogen-bond acceptors (Lipinski definition) is 4. The number of nitrogens with one attached hydrogen (secondary N) is 2. The van der Waals surface area contributed by atoms with Crippen molar-refractivity contribution >= 4 is 28.5 Å². The Morgan fingerprint density at radius 1 is 1.13 bits per heavy atom. The van der Waals surface area contributed by atoms with E-state index >= 15 is 0 Å². The molecule has 3 rings (SSSR count). The lowest BCUT2D eigenvalue weighted by molar-refractivity contribution is -0.129. The average Bonchev–Trinajstić information content (AvgIpc) is 2.75. The standard InChI is InChI=1S/C23H29N3O4/c1-15(2)25-21(27)13-24-22(28)16-7-6-12-26(14-16)23(29)19-10-11-20(30-3)18-9-5-4-8-17(18)19/h4-5,8-11,15-16H,6-7,12-14H2,1-3H3,(H,24,28)(H,25,27). The minimum Gasteiger partial charge on any atom is -0.496 e. The fourth-order valence-electron chi connectivity index (χ4n) is 3.87. The van der Waals surface area contributed by atoms with Crippen LogP contribution in [0.1, 0.15) is 37.0 Å². The van der Waals surface area contributed by atoms with Gasteiger partial charge in [-0.1, -0.05) is 24.3 Å². The molecule has 2 aromatic rings. The van der Waals surface area contributed by atoms with Crippen molar-refractivity contribution in [2.45, 2.75) is 32.7 Å². The predicted octanol–water partition coefficient (Wildman–Crippen LogP) is 2.34. The second kappa shape index (κ2) is 9.61. The van der Waals surface area contributed by atoms with Gasteiger partial charge in [0.2, 0.25) is 11.8 Å². The van der Waals surface area contributed by atoms with Crippen LogP contribution in [0.5, 0.6) is 5.75 Å². The Bertz CT molecular complexity index is 941. The summed E-state index contributed by atoms with van der Waals surface area (Å²) < 4.78 is 5.42. The molecule has 0 aliphatic carbocycles. The molecule has 0 bridgehead atoms. The molecule has 1 fully saturated rings. The number of hydrogen-bond donors (Lipinski definition) is 2. The molecule has 0 radical (unpaired) electrons. The zero-order chi connectivity index (χ0) is 21.7. The number of rotatable bonds is 6. The molecule has 1 aliphatic rings. The molecule has 30 heavy (non-hydrogen) atoms. The summed E-state index contributed by atoms with van der Waals surface area (Å²) in [6.45, 7) is 4.64. The van der Waals surface area contributed by atoms with Crippen LogP contribution >= 0.6 is 0 Å². The van der Waals surface area contributed by atoms with Crippen LogP contribution in [-0.4, -0.2) is 55.4 Å². The van der Waals surface area contributed by atoms with E-state index in [1.165, 1.54) is 0 Å². The Balaban J connectivity index is 1.70. The number of benzene rings is 2. The largest absolute Gasteiger partial charge is 0.496 e. The van der Waals surface area contributed by atoms with Crippen LogP contribution in [-0.2, 0) is 9.59 Å². The average molecular weight is 412 g/mol. The van der Waals surface area contributed by atoms with Gasteiger partial charge in [-0.25, -0.2) is 0 Å². The second-order valence-electron chi connectivity index (χ2n) is 7.89. The van der Waals surface area contributed by atoms with E-state index in [-0.39, 0.29) is 36.2 Å². The minimum absolute atomic E-state index is 0.0246. The third kappa shape index (κ3) is 4.90. The zero-order valence-corrected chi connectivity index (χ0v) is 17.7. The molecule has 7 nitrogen and oxygen atoms in total. The van der Waals surface area contributed by atoms with E-state index in [0.29, 0.717) is 25.1 Å². The molecule has 1 saturated heterocycles. The van der Waals surface area contributed by atoms with E-state index in [4.69, 9.17) is 4.74 Å². The number of piperidine rings is 1. The molecular weight excluding hydrogens is 382 g/mol. The quantitative estimate of drug-likeness (QED) is 0.764. The first kappa shape index (κ1) is 21.6. The maximum absolute atomic E-state index is 13.3. The number of nitrogens with zero attached hydrogens (tertiary/aromatic N) is 1. The van der Waals surface area contributed by atoms with Gasteiger partial charge in [0, 0.05) is 30.1 Å². The minimum atomic E-state index is -0.320. The SMILES string of the molecule is COc1ccc(C(=O)N2CCCC(C(=O)NCC(=O)NC(C)C)C2)c2ccccc12. The van der Waals surface area contributed by atoms with Crippen molar-refractivity contribution < 1.29 is 19.1 Å². The Hall–Kier alpha value is -3.09. The predicted molar refractivity (Wildman–Crippen MR) is 115 cm³/mol. The summed E-state index contributed by atoms with van der Waals surface area (Å²) in [6, 6.07) is 11.3. The first-order chi connectivity index (χ1) is 14.4. The van der Waals surface area contributed by atoms with Gasteiger partial charge in [0.25, 0.3) is 5.91 Å². The number of carbonyl (C=O) groups is 3. The van der Waals surface area contributed by atoms with Gasteiger partial charge >= 0.3 is 0 Å². The van der Waals surface area contributed by atoms with E-state index < -0.39 is 0 Å². The lowest BCUT2D eigenvalue weighted by Crippen LogP contribution is -2.47. The third-order valence-corrected chi connectivity index (χ3v) is 5.29. The summed E-state index contributed by atoms with van der Waals surface area (Å²) in [5, 5.41) is 7.16. The maximum Gasteiger partial charge on any atom is 0.254 e. The van der Waals surface area contributed by atoms with Gasteiger partial charge in [-0.15, -0.1) is 0 Å². The highest BCUT2D eigenvalue weighted by molar-refractivity contribution is 6.08. The summed E-state index contributed by atoms with van der Waals surface area (Å²) >= 11 is 0. The molecule has 0 spiro atoms. The van der Waals surface area contributed by atoms with Crippen molar-refractivity contribution in [2.75, 3.05) is 26.7 Å². The fourth-order valence-corrected chi connectivity index (χ4v) is 3.87. The lowest BCUT2D eigenvalue weighted by atomic mass is 9.95. The van der Waals surface area contributed by atoms with E-state index in [0.717, 1.165) is 22.9 Å². The van der Waals surface area contributed by atoms with Crippen molar-refractivity contribution in [1.29, 1.82) is 0 Å². The summed E-state index contributed by atoms with van der Waals surface area (Å²) in [5.41, 5.74) is 0.601. The van der Waals surface area contributed by atoms with E-state index in [1.807, 2.05) is 38.1 Å². The highest BCUT2D eigenvalue weighted by Gasteiger charge is 2.30. The van der Waals surface area contributed by atoms with Gasteiger partial charge in [-0.3, -0.25) is 14.4 Å². The van der Waals surface area contributed by atoms with E-state index in [1.54, 1.807) is 24.1 Å². The highest BCUT2D eigenvalue weighted by atomic mass is 16.5. The molecule has 2 aromatic carbocycles. The lowest BCUT2D eigenvalue weighted by Gasteiger charge is -2.32. The first-order valence-electron chi connectivity index (χ1n) is 10.3. The summed E-state index contributed by atoms with van der Waals surface area (Å²) in [7, 11) is 1.61. The van der Waals surface area contributed by atoms with Crippen LogP contribution in [0.4, 0.5) is 0 Å². The Morgan fingerprint density at radius 3 is 2.57 bits per heavy atom. The highest BCUT2D eigenvalue weighted by Crippen LogP contribution is 2.30. The molecule has 160 valence electrons. The molecule has 3 amide bonds. The summed E-state index contributed by atoms with van der Waals surface area (Å²) in [6.07, 6.45) is 1.45. The van der Waals surface area contributed by atoms with Crippen molar-refractivity contribution in [3.8, 4) is 5.75 Å². The number of methoxy groups -OCH3 is 1. The second-order valence-corrected chi connectivity index (χ2v) is 7.89. The fraction of sp³-hybridized carbons (Fsp3) is 0.435. The molecule has 2 N–H and O–H groups in total.